The van der Waals surface area contributed by atoms with Crippen molar-refractivity contribution < 1.29 is 9.26 Å². The quantitative estimate of drug-likeness (QED) is 0.508. The zero-order valence-electron chi connectivity index (χ0n) is 14.4. The number of nitrogens with zero attached hydrogens (tertiary/aromatic N) is 8. The van der Waals surface area contributed by atoms with Gasteiger partial charge in [0.05, 0.1) is 5.39 Å². The van der Waals surface area contributed by atoms with E-state index in [1.54, 1.807) is 23.0 Å². The Morgan fingerprint density at radius 1 is 1.26 bits per heavy atom. The first-order valence-electron chi connectivity index (χ1n) is 8.15. The number of hydrogen-bond donors (Lipinski definition) is 1. The van der Waals surface area contributed by atoms with Crippen molar-refractivity contribution in [1.82, 2.24) is 45.1 Å². The number of rotatable bonds is 4. The van der Waals surface area contributed by atoms with Crippen LogP contribution in [-0.2, 0) is 0 Å². The summed E-state index contributed by atoms with van der Waals surface area (Å²) in [5, 5.41) is 25.2. The Hall–Kier alpha value is -3.89. The molecule has 0 saturated carbocycles. The molecule has 0 aromatic carbocycles. The van der Waals surface area contributed by atoms with Gasteiger partial charge < -0.3 is 9.26 Å². The molecule has 5 heterocycles. The highest BCUT2D eigenvalue weighted by molar-refractivity contribution is 5.96. The van der Waals surface area contributed by atoms with Gasteiger partial charge in [-0.15, -0.1) is 15.3 Å². The van der Waals surface area contributed by atoms with Gasteiger partial charge in [0, 0.05) is 23.8 Å². The average Bonchev–Trinajstić information content (AvgIpc) is 3.42. The van der Waals surface area contributed by atoms with E-state index in [2.05, 4.69) is 40.6 Å². The Balaban J connectivity index is 1.71. The summed E-state index contributed by atoms with van der Waals surface area (Å²) in [5.74, 6) is 2.08. The van der Waals surface area contributed by atoms with E-state index in [0.29, 0.717) is 40.0 Å². The first-order chi connectivity index (χ1) is 13.2. The number of aromatic nitrogens is 9. The zero-order valence-corrected chi connectivity index (χ0v) is 14.4. The molecular formula is C16H13N9O2. The lowest BCUT2D eigenvalue weighted by molar-refractivity contribution is 0.208. The van der Waals surface area contributed by atoms with Gasteiger partial charge in [-0.05, 0) is 19.9 Å². The first-order valence-corrected chi connectivity index (χ1v) is 8.15. The Kier molecular flexibility index (Phi) is 3.32. The summed E-state index contributed by atoms with van der Waals surface area (Å²) < 4.78 is 12.8. The molecule has 27 heavy (non-hydrogen) atoms. The molecule has 0 aliphatic rings. The van der Waals surface area contributed by atoms with Crippen molar-refractivity contribution in [3.63, 3.8) is 0 Å². The molecule has 0 fully saturated rings. The largest absolute Gasteiger partial charge is 0.465 e. The topological polar surface area (TPSA) is 133 Å². The maximum absolute atomic E-state index is 6.04. The fourth-order valence-corrected chi connectivity index (χ4v) is 2.80. The number of H-pyrrole nitrogens is 1. The van der Waals surface area contributed by atoms with E-state index in [1.165, 1.54) is 6.33 Å². The van der Waals surface area contributed by atoms with E-state index in [0.717, 1.165) is 5.39 Å². The second kappa shape index (κ2) is 5.83. The minimum absolute atomic E-state index is 0.371. The van der Waals surface area contributed by atoms with E-state index >= 15 is 0 Å². The molecule has 1 atom stereocenters. The predicted octanol–water partition coefficient (Wildman–Crippen LogP) is 1.89. The van der Waals surface area contributed by atoms with Crippen molar-refractivity contribution in [3.05, 3.63) is 42.4 Å². The van der Waals surface area contributed by atoms with E-state index in [9.17, 15) is 0 Å². The molecule has 1 unspecified atom stereocenters. The highest BCUT2D eigenvalue weighted by atomic mass is 16.5. The van der Waals surface area contributed by atoms with Crippen LogP contribution in [-0.4, -0.2) is 45.1 Å². The molecule has 0 saturated heterocycles. The fourth-order valence-electron chi connectivity index (χ4n) is 2.80. The lowest BCUT2D eigenvalue weighted by Gasteiger charge is -2.13. The van der Waals surface area contributed by atoms with Crippen LogP contribution >= 0.6 is 0 Å². The molecule has 134 valence electrons. The van der Waals surface area contributed by atoms with Gasteiger partial charge in [0.2, 0.25) is 11.7 Å². The van der Waals surface area contributed by atoms with Crippen LogP contribution in [0.4, 0.5) is 0 Å². The van der Waals surface area contributed by atoms with Crippen molar-refractivity contribution in [2.24, 2.45) is 0 Å². The highest BCUT2D eigenvalue weighted by Crippen LogP contribution is 2.30. The number of aromatic amines is 1. The van der Waals surface area contributed by atoms with E-state index in [4.69, 9.17) is 9.26 Å². The summed E-state index contributed by atoms with van der Waals surface area (Å²) in [5.41, 5.74) is 1.11. The molecule has 0 aliphatic carbocycles. The number of fused-ring (bicyclic) bond motifs is 3. The summed E-state index contributed by atoms with van der Waals surface area (Å²) in [6, 6.07) is 3.61. The van der Waals surface area contributed by atoms with Crippen LogP contribution in [0.3, 0.4) is 0 Å². The molecule has 0 spiro atoms. The second-order valence-corrected chi connectivity index (χ2v) is 5.94. The molecule has 0 amide bonds. The van der Waals surface area contributed by atoms with Crippen LogP contribution in [0.2, 0.25) is 0 Å². The van der Waals surface area contributed by atoms with Crippen molar-refractivity contribution in [2.45, 2.75) is 20.0 Å². The first kappa shape index (κ1) is 15.4. The average molecular weight is 363 g/mol. The van der Waals surface area contributed by atoms with E-state index < -0.39 is 6.10 Å². The number of aryl methyl sites for hydroxylation is 1. The maximum atomic E-state index is 6.04. The molecule has 11 nitrogen and oxygen atoms in total. The van der Waals surface area contributed by atoms with Crippen LogP contribution in [0.15, 0.2) is 35.4 Å². The molecule has 0 radical (unpaired) electrons. The second-order valence-electron chi connectivity index (χ2n) is 5.94. The normalized spacial score (nSPS) is 12.7. The summed E-state index contributed by atoms with van der Waals surface area (Å²) in [6.45, 7) is 3.66. The van der Waals surface area contributed by atoms with Crippen LogP contribution < -0.4 is 4.74 Å². The van der Waals surface area contributed by atoms with Gasteiger partial charge in [-0.2, -0.15) is 9.61 Å². The van der Waals surface area contributed by atoms with Crippen LogP contribution in [0, 0.1) is 6.92 Å². The number of ether oxygens (including phenoxy) is 1. The van der Waals surface area contributed by atoms with Gasteiger partial charge in [0.1, 0.15) is 12.1 Å². The smallest absolute Gasteiger partial charge is 0.242 e. The van der Waals surface area contributed by atoms with Gasteiger partial charge in [-0.1, -0.05) is 5.16 Å². The standard InChI is InChI=1S/C16H13N9O2/c1-8-5-12(24-27-8)15-22-21-14-10-3-4-17-6-11(10)16(23-25(14)15)26-9(2)13-18-7-19-20-13/h3-7,9H,1-2H3,(H,18,19,20). The molecule has 11 heteroatoms. The lowest BCUT2D eigenvalue weighted by atomic mass is 10.2. The van der Waals surface area contributed by atoms with E-state index in [-0.39, 0.29) is 0 Å². The molecule has 0 aliphatic heterocycles. The summed E-state index contributed by atoms with van der Waals surface area (Å²) in [6.07, 6.45) is 4.39. The third-order valence-electron chi connectivity index (χ3n) is 4.09. The zero-order chi connectivity index (χ0) is 18.4. The lowest BCUT2D eigenvalue weighted by Crippen LogP contribution is -2.09. The highest BCUT2D eigenvalue weighted by Gasteiger charge is 2.20. The summed E-state index contributed by atoms with van der Waals surface area (Å²) in [4.78, 5) is 8.30. The van der Waals surface area contributed by atoms with Crippen LogP contribution in [0.1, 0.15) is 24.6 Å². The summed E-state index contributed by atoms with van der Waals surface area (Å²) >= 11 is 0. The Labute approximate surface area is 151 Å². The number of pyridine rings is 1. The van der Waals surface area contributed by atoms with Crippen molar-refractivity contribution in [3.8, 4) is 17.4 Å². The SMILES string of the molecule is Cc1cc(-c2nnc3c4ccncc4c(OC(C)c4ncn[nH]4)nn23)no1. The van der Waals surface area contributed by atoms with Gasteiger partial charge in [-0.3, -0.25) is 10.1 Å². The molecule has 1 N–H and O–H groups in total. The number of nitrogens with one attached hydrogen (secondary N) is 1. The van der Waals surface area contributed by atoms with Crippen molar-refractivity contribution in [2.75, 3.05) is 0 Å². The fraction of sp³-hybridized carbons (Fsp3) is 0.188. The molecule has 5 rings (SSSR count). The third-order valence-corrected chi connectivity index (χ3v) is 4.09. The van der Waals surface area contributed by atoms with E-state index in [1.807, 2.05) is 19.9 Å². The van der Waals surface area contributed by atoms with Crippen LogP contribution in [0.5, 0.6) is 5.88 Å². The molecule has 0 bridgehead atoms. The Morgan fingerprint density at radius 2 is 2.19 bits per heavy atom. The van der Waals surface area contributed by atoms with Gasteiger partial charge in [0.25, 0.3) is 0 Å². The summed E-state index contributed by atoms with van der Waals surface area (Å²) in [7, 11) is 0. The minimum Gasteiger partial charge on any atom is -0.465 e. The molecular weight excluding hydrogens is 350 g/mol. The maximum Gasteiger partial charge on any atom is 0.242 e. The number of hydrogen-bond acceptors (Lipinski definition) is 9. The Morgan fingerprint density at radius 3 is 2.96 bits per heavy atom. The van der Waals surface area contributed by atoms with Crippen LogP contribution in [0.25, 0.3) is 27.9 Å². The van der Waals surface area contributed by atoms with Crippen molar-refractivity contribution in [1.29, 1.82) is 0 Å². The molecule has 5 aromatic rings. The monoisotopic (exact) mass is 363 g/mol. The van der Waals surface area contributed by atoms with Gasteiger partial charge in [0.15, 0.2) is 23.3 Å². The van der Waals surface area contributed by atoms with Gasteiger partial charge in [-0.25, -0.2) is 4.98 Å². The van der Waals surface area contributed by atoms with Crippen molar-refractivity contribution >= 4 is 16.4 Å². The third kappa shape index (κ3) is 2.47. The predicted molar refractivity (Wildman–Crippen MR) is 91.7 cm³/mol. The minimum atomic E-state index is -0.393. The van der Waals surface area contributed by atoms with Gasteiger partial charge >= 0.3 is 0 Å². The Bertz CT molecular complexity index is 1240. The molecule has 5 aromatic heterocycles.